The number of ether oxygens (including phenoxy) is 1. The molecule has 0 spiro atoms. The van der Waals surface area contributed by atoms with Crippen molar-refractivity contribution in [2.45, 2.75) is 72.2 Å². The number of carbonyl (C=O) groups excluding carboxylic acids is 1. The van der Waals surface area contributed by atoms with Crippen LogP contribution in [-0.2, 0) is 9.53 Å². The van der Waals surface area contributed by atoms with Crippen molar-refractivity contribution in [1.82, 2.24) is 15.1 Å². The fourth-order valence-electron chi connectivity index (χ4n) is 3.17. The highest BCUT2D eigenvalue weighted by Crippen LogP contribution is 2.16. The number of piperazine rings is 1. The van der Waals surface area contributed by atoms with Crippen molar-refractivity contribution in [3.8, 4) is 0 Å². The molecule has 132 valence electrons. The normalized spacial score (nSPS) is 24.2. The van der Waals surface area contributed by atoms with Gasteiger partial charge in [0.2, 0.25) is 5.91 Å². The topological polar surface area (TPSA) is 44.8 Å². The Morgan fingerprint density at radius 1 is 1.23 bits per heavy atom. The molecule has 0 aliphatic carbocycles. The average Bonchev–Trinajstić information content (AvgIpc) is 2.35. The molecule has 5 heteroatoms. The van der Waals surface area contributed by atoms with Crippen LogP contribution < -0.4 is 5.32 Å². The molecule has 1 aliphatic heterocycles. The van der Waals surface area contributed by atoms with E-state index in [2.05, 4.69) is 42.8 Å². The molecule has 1 saturated heterocycles. The second kappa shape index (κ2) is 9.48. The summed E-state index contributed by atoms with van der Waals surface area (Å²) in [5.74, 6) is 0.133. The maximum absolute atomic E-state index is 11.9. The van der Waals surface area contributed by atoms with E-state index >= 15 is 0 Å². The van der Waals surface area contributed by atoms with Crippen molar-refractivity contribution in [1.29, 1.82) is 0 Å². The quantitative estimate of drug-likeness (QED) is 0.696. The number of hydrogen-bond acceptors (Lipinski definition) is 4. The van der Waals surface area contributed by atoms with Crippen LogP contribution in [0.5, 0.6) is 0 Å². The maximum atomic E-state index is 11.9. The van der Waals surface area contributed by atoms with Crippen LogP contribution in [0, 0.1) is 0 Å². The lowest BCUT2D eigenvalue weighted by molar-refractivity contribution is -0.123. The summed E-state index contributed by atoms with van der Waals surface area (Å²) in [4.78, 5) is 16.7. The summed E-state index contributed by atoms with van der Waals surface area (Å²) < 4.78 is 5.62. The molecule has 2 atom stereocenters. The first-order valence-electron chi connectivity index (χ1n) is 8.68. The monoisotopic (exact) mass is 315 g/mol. The van der Waals surface area contributed by atoms with Gasteiger partial charge in [-0.2, -0.15) is 0 Å². The van der Waals surface area contributed by atoms with Crippen LogP contribution in [0.25, 0.3) is 0 Å². The van der Waals surface area contributed by atoms with Gasteiger partial charge < -0.3 is 10.1 Å². The highest BCUT2D eigenvalue weighted by Gasteiger charge is 2.29. The van der Waals surface area contributed by atoms with E-state index in [1.165, 1.54) is 0 Å². The van der Waals surface area contributed by atoms with Crippen LogP contribution in [0.15, 0.2) is 0 Å². The molecule has 0 aromatic heterocycles. The minimum Gasteiger partial charge on any atom is -0.379 e. The SMILES string of the molecule is CC(C)NC(=O)CN1CC(C)N(CCCOC(C)C)C(C)C1.[HH]. The average molecular weight is 316 g/mol. The third kappa shape index (κ3) is 7.07. The second-order valence-electron chi connectivity index (χ2n) is 7.13. The van der Waals surface area contributed by atoms with E-state index < -0.39 is 0 Å². The van der Waals surface area contributed by atoms with Gasteiger partial charge in [-0.1, -0.05) is 0 Å². The van der Waals surface area contributed by atoms with Crippen LogP contribution >= 0.6 is 0 Å². The minimum atomic E-state index is 0. The maximum Gasteiger partial charge on any atom is 0.234 e. The van der Waals surface area contributed by atoms with E-state index in [1.807, 2.05) is 13.8 Å². The predicted octanol–water partition coefficient (Wildman–Crippen LogP) is 1.97. The Kier molecular flexibility index (Phi) is 8.36. The van der Waals surface area contributed by atoms with E-state index in [9.17, 15) is 4.79 Å². The van der Waals surface area contributed by atoms with Gasteiger partial charge in [0.05, 0.1) is 12.6 Å². The minimum absolute atomic E-state index is 0. The van der Waals surface area contributed by atoms with Crippen molar-refractivity contribution in [3.63, 3.8) is 0 Å². The Morgan fingerprint density at radius 2 is 1.82 bits per heavy atom. The fraction of sp³-hybridized carbons (Fsp3) is 0.941. The van der Waals surface area contributed by atoms with Crippen LogP contribution in [0.1, 0.15) is 49.4 Å². The van der Waals surface area contributed by atoms with Gasteiger partial charge in [-0.25, -0.2) is 0 Å². The molecule has 0 saturated carbocycles. The molecular formula is C17H37N3O2. The lowest BCUT2D eigenvalue weighted by Crippen LogP contribution is -2.58. The first-order chi connectivity index (χ1) is 10.3. The van der Waals surface area contributed by atoms with Gasteiger partial charge in [0.15, 0.2) is 0 Å². The van der Waals surface area contributed by atoms with E-state index in [4.69, 9.17) is 4.74 Å². The molecule has 1 N–H and O–H groups in total. The van der Waals surface area contributed by atoms with Crippen molar-refractivity contribution in [2.75, 3.05) is 32.8 Å². The zero-order chi connectivity index (χ0) is 16.7. The summed E-state index contributed by atoms with van der Waals surface area (Å²) in [6.45, 7) is 17.0. The van der Waals surface area contributed by atoms with E-state index in [1.54, 1.807) is 0 Å². The van der Waals surface area contributed by atoms with Gasteiger partial charge in [-0.05, 0) is 48.0 Å². The number of rotatable bonds is 8. The Bertz CT molecular complexity index is 328. The first-order valence-corrected chi connectivity index (χ1v) is 8.68. The van der Waals surface area contributed by atoms with Crippen molar-refractivity contribution in [2.24, 2.45) is 0 Å². The smallest absolute Gasteiger partial charge is 0.234 e. The number of nitrogens with zero attached hydrogens (tertiary/aromatic N) is 2. The van der Waals surface area contributed by atoms with E-state index in [-0.39, 0.29) is 13.4 Å². The summed E-state index contributed by atoms with van der Waals surface area (Å²) in [5.41, 5.74) is 0. The molecule has 0 aromatic carbocycles. The molecule has 22 heavy (non-hydrogen) atoms. The third-order valence-corrected chi connectivity index (χ3v) is 4.01. The lowest BCUT2D eigenvalue weighted by Gasteiger charge is -2.44. The second-order valence-corrected chi connectivity index (χ2v) is 7.13. The van der Waals surface area contributed by atoms with Gasteiger partial charge in [0.1, 0.15) is 0 Å². The number of hydrogen-bond donors (Lipinski definition) is 1. The van der Waals surface area contributed by atoms with Gasteiger partial charge >= 0.3 is 0 Å². The largest absolute Gasteiger partial charge is 0.379 e. The van der Waals surface area contributed by atoms with Crippen LogP contribution in [-0.4, -0.2) is 72.7 Å². The van der Waals surface area contributed by atoms with Crippen molar-refractivity contribution < 1.29 is 11.0 Å². The van der Waals surface area contributed by atoms with Crippen molar-refractivity contribution >= 4 is 5.91 Å². The summed E-state index contributed by atoms with van der Waals surface area (Å²) in [6, 6.07) is 1.17. The molecule has 1 fully saturated rings. The zero-order valence-corrected chi connectivity index (χ0v) is 15.3. The van der Waals surface area contributed by atoms with Crippen LogP contribution in [0.3, 0.4) is 0 Å². The highest BCUT2D eigenvalue weighted by molar-refractivity contribution is 5.78. The standard InChI is InChI=1S/C17H35N3O2.H2/c1-13(2)18-17(21)12-19-10-15(5)20(16(6)11-19)8-7-9-22-14(3)4;/h13-16H,7-12H2,1-6H3,(H,18,21);1H. The van der Waals surface area contributed by atoms with Gasteiger partial charge in [-0.15, -0.1) is 0 Å². The van der Waals surface area contributed by atoms with Gasteiger partial charge in [0.25, 0.3) is 0 Å². The van der Waals surface area contributed by atoms with Crippen LogP contribution in [0.4, 0.5) is 0 Å². The molecule has 0 radical (unpaired) electrons. The summed E-state index contributed by atoms with van der Waals surface area (Å²) >= 11 is 0. The molecule has 1 amide bonds. The summed E-state index contributed by atoms with van der Waals surface area (Å²) in [7, 11) is 0. The molecule has 0 aromatic rings. The Balaban J connectivity index is 0.00000484. The van der Waals surface area contributed by atoms with Crippen molar-refractivity contribution in [3.05, 3.63) is 0 Å². The third-order valence-electron chi connectivity index (χ3n) is 4.01. The first kappa shape index (κ1) is 19.4. The number of carbonyl (C=O) groups is 1. The molecule has 1 heterocycles. The molecule has 1 aliphatic rings. The number of amides is 1. The fourth-order valence-corrected chi connectivity index (χ4v) is 3.17. The number of nitrogens with one attached hydrogen (secondary N) is 1. The molecule has 2 unspecified atom stereocenters. The van der Waals surface area contributed by atoms with Gasteiger partial charge in [0, 0.05) is 45.8 Å². The van der Waals surface area contributed by atoms with Crippen LogP contribution in [0.2, 0.25) is 0 Å². The lowest BCUT2D eigenvalue weighted by atomic mass is 10.1. The summed E-state index contributed by atoms with van der Waals surface area (Å²) in [6.07, 6.45) is 1.38. The zero-order valence-electron chi connectivity index (χ0n) is 15.3. The highest BCUT2D eigenvalue weighted by atomic mass is 16.5. The Labute approximate surface area is 137 Å². The van der Waals surface area contributed by atoms with E-state index in [0.29, 0.717) is 24.7 Å². The molecule has 5 nitrogen and oxygen atoms in total. The molecular weight excluding hydrogens is 278 g/mol. The summed E-state index contributed by atoms with van der Waals surface area (Å²) in [5, 5.41) is 2.97. The molecule has 1 rings (SSSR count). The Morgan fingerprint density at radius 3 is 2.32 bits per heavy atom. The van der Waals surface area contributed by atoms with E-state index in [0.717, 1.165) is 32.7 Å². The predicted molar refractivity (Wildman–Crippen MR) is 93.2 cm³/mol. The Hall–Kier alpha value is -0.650. The molecule has 0 bridgehead atoms. The van der Waals surface area contributed by atoms with Gasteiger partial charge in [-0.3, -0.25) is 14.6 Å².